The Morgan fingerprint density at radius 1 is 1.15 bits per heavy atom. The monoisotopic (exact) mass is 372 g/mol. The van der Waals surface area contributed by atoms with Crippen molar-refractivity contribution in [3.8, 4) is 0 Å². The molecular weight excluding hydrogens is 336 g/mol. The van der Waals surface area contributed by atoms with Crippen LogP contribution < -0.4 is 0 Å². The van der Waals surface area contributed by atoms with Crippen LogP contribution >= 0.6 is 0 Å². The lowest BCUT2D eigenvalue weighted by Gasteiger charge is -2.41. The molecule has 5 nitrogen and oxygen atoms in total. The fraction of sp³-hybridized carbons (Fsp3) is 0.818. The summed E-state index contributed by atoms with van der Waals surface area (Å²) in [6.07, 6.45) is 14.2. The second-order valence-corrected chi connectivity index (χ2v) is 9.52. The van der Waals surface area contributed by atoms with Crippen LogP contribution in [0.15, 0.2) is 12.4 Å². The van der Waals surface area contributed by atoms with E-state index in [1.165, 1.54) is 44.1 Å². The molecule has 150 valence electrons. The highest BCUT2D eigenvalue weighted by atomic mass is 16.2. The van der Waals surface area contributed by atoms with Gasteiger partial charge in [0.05, 0.1) is 11.6 Å². The average molecular weight is 373 g/mol. The lowest BCUT2D eigenvalue weighted by Crippen LogP contribution is -2.51. The van der Waals surface area contributed by atoms with Gasteiger partial charge >= 0.3 is 0 Å². The van der Waals surface area contributed by atoms with Gasteiger partial charge in [0, 0.05) is 44.0 Å². The molecule has 3 heterocycles. The minimum Gasteiger partial charge on any atom is -0.342 e. The van der Waals surface area contributed by atoms with Crippen LogP contribution in [0.2, 0.25) is 0 Å². The summed E-state index contributed by atoms with van der Waals surface area (Å²) in [5.74, 6) is 1.21. The number of amides is 1. The molecule has 5 heteroatoms. The van der Waals surface area contributed by atoms with Crippen molar-refractivity contribution in [2.75, 3.05) is 26.2 Å². The first kappa shape index (κ1) is 19.0. The van der Waals surface area contributed by atoms with Crippen LogP contribution in [0.4, 0.5) is 0 Å². The highest BCUT2D eigenvalue weighted by Crippen LogP contribution is 2.41. The third-order valence-electron chi connectivity index (χ3n) is 7.05. The zero-order valence-electron chi connectivity index (χ0n) is 17.2. The first-order chi connectivity index (χ1) is 13.1. The lowest BCUT2D eigenvalue weighted by atomic mass is 9.77. The molecule has 2 aliphatic heterocycles. The van der Waals surface area contributed by atoms with E-state index in [-0.39, 0.29) is 5.41 Å². The van der Waals surface area contributed by atoms with E-state index in [0.29, 0.717) is 11.9 Å². The molecule has 1 atom stereocenters. The third-order valence-corrected chi connectivity index (χ3v) is 7.05. The molecule has 1 saturated carbocycles. The van der Waals surface area contributed by atoms with E-state index in [2.05, 4.69) is 34.9 Å². The lowest BCUT2D eigenvalue weighted by molar-refractivity contribution is -0.146. The summed E-state index contributed by atoms with van der Waals surface area (Å²) in [5.41, 5.74) is 1.16. The number of hydrogen-bond acceptors (Lipinski definition) is 3. The Hall–Kier alpha value is -1.36. The Morgan fingerprint density at radius 2 is 1.96 bits per heavy atom. The van der Waals surface area contributed by atoms with Gasteiger partial charge in [-0.15, -0.1) is 0 Å². The molecule has 2 saturated heterocycles. The van der Waals surface area contributed by atoms with E-state index in [4.69, 9.17) is 0 Å². The Bertz CT molecular complexity index is 648. The zero-order chi connectivity index (χ0) is 18.9. The standard InChI is InChI=1S/C22H36N4O/c1-18(2)26-16-20(13-23-26)14-24-12-10-22(17-24)9-6-11-25(21(22)27)15-19-7-4-3-5-8-19/h13,16,18-19H,3-12,14-15,17H2,1-2H3. The first-order valence-corrected chi connectivity index (χ1v) is 11.1. The highest BCUT2D eigenvalue weighted by molar-refractivity contribution is 5.84. The number of aromatic nitrogens is 2. The van der Waals surface area contributed by atoms with Crippen molar-refractivity contribution in [1.82, 2.24) is 19.6 Å². The van der Waals surface area contributed by atoms with Crippen LogP contribution in [0.3, 0.4) is 0 Å². The molecule has 3 aliphatic rings. The highest BCUT2D eigenvalue weighted by Gasteiger charge is 2.48. The fourth-order valence-corrected chi connectivity index (χ4v) is 5.48. The van der Waals surface area contributed by atoms with Crippen LogP contribution in [-0.4, -0.2) is 51.7 Å². The van der Waals surface area contributed by atoms with Gasteiger partial charge in [0.1, 0.15) is 0 Å². The number of nitrogens with zero attached hydrogens (tertiary/aromatic N) is 4. The van der Waals surface area contributed by atoms with E-state index < -0.39 is 0 Å². The number of likely N-dealkylation sites (tertiary alicyclic amines) is 2. The maximum absolute atomic E-state index is 13.4. The molecule has 3 fully saturated rings. The van der Waals surface area contributed by atoms with Gasteiger partial charge in [0.25, 0.3) is 0 Å². The summed E-state index contributed by atoms with van der Waals surface area (Å²) >= 11 is 0. The van der Waals surface area contributed by atoms with Crippen LogP contribution in [-0.2, 0) is 11.3 Å². The summed E-state index contributed by atoms with van der Waals surface area (Å²) in [5, 5.41) is 4.47. The normalized spacial score (nSPS) is 28.0. The minimum atomic E-state index is -0.110. The predicted octanol–water partition coefficient (Wildman–Crippen LogP) is 3.86. The summed E-state index contributed by atoms with van der Waals surface area (Å²) < 4.78 is 2.03. The number of piperidine rings is 1. The zero-order valence-corrected chi connectivity index (χ0v) is 17.2. The Balaban J connectivity index is 1.36. The predicted molar refractivity (Wildman–Crippen MR) is 107 cm³/mol. The molecule has 1 aromatic heterocycles. The molecule has 27 heavy (non-hydrogen) atoms. The largest absolute Gasteiger partial charge is 0.342 e. The Labute approximate surface area is 164 Å². The molecule has 0 aromatic carbocycles. The van der Waals surface area contributed by atoms with Gasteiger partial charge < -0.3 is 4.90 Å². The van der Waals surface area contributed by atoms with Crippen molar-refractivity contribution in [1.29, 1.82) is 0 Å². The Kier molecular flexibility index (Phi) is 5.58. The molecule has 0 radical (unpaired) electrons. The molecule has 1 unspecified atom stereocenters. The summed E-state index contributed by atoms with van der Waals surface area (Å²) in [6, 6.07) is 0.400. The molecule has 1 aromatic rings. The van der Waals surface area contributed by atoms with Crippen LogP contribution in [0.25, 0.3) is 0 Å². The quantitative estimate of drug-likeness (QED) is 0.788. The summed E-state index contributed by atoms with van der Waals surface area (Å²) in [7, 11) is 0. The summed E-state index contributed by atoms with van der Waals surface area (Å²) in [4.78, 5) is 18.1. The van der Waals surface area contributed by atoms with Crippen LogP contribution in [0.1, 0.15) is 76.8 Å². The molecule has 0 N–H and O–H groups in total. The number of carbonyl (C=O) groups excluding carboxylic acids is 1. The molecule has 1 amide bonds. The van der Waals surface area contributed by atoms with Gasteiger partial charge in [0.15, 0.2) is 0 Å². The second-order valence-electron chi connectivity index (χ2n) is 9.52. The van der Waals surface area contributed by atoms with Gasteiger partial charge in [0.2, 0.25) is 5.91 Å². The van der Waals surface area contributed by atoms with Gasteiger partial charge in [-0.25, -0.2) is 0 Å². The van der Waals surface area contributed by atoms with Crippen molar-refractivity contribution in [2.45, 2.75) is 77.8 Å². The van der Waals surface area contributed by atoms with E-state index in [9.17, 15) is 4.79 Å². The molecule has 1 aliphatic carbocycles. The third kappa shape index (κ3) is 4.08. The smallest absolute Gasteiger partial charge is 0.230 e. The Morgan fingerprint density at radius 3 is 2.70 bits per heavy atom. The van der Waals surface area contributed by atoms with Crippen molar-refractivity contribution in [2.24, 2.45) is 11.3 Å². The SMILES string of the molecule is CC(C)n1cc(CN2CCC3(CCCN(CC4CCCCC4)C3=O)C2)cn1. The minimum absolute atomic E-state index is 0.110. The van der Waals surface area contributed by atoms with Crippen molar-refractivity contribution < 1.29 is 4.79 Å². The molecule has 4 rings (SSSR count). The molecule has 1 spiro atoms. The molecular formula is C22H36N4O. The van der Waals surface area contributed by atoms with Crippen molar-refractivity contribution >= 4 is 5.91 Å². The van der Waals surface area contributed by atoms with E-state index in [1.54, 1.807) is 0 Å². The second kappa shape index (κ2) is 7.94. The number of carbonyl (C=O) groups is 1. The molecule has 0 bridgehead atoms. The number of hydrogen-bond donors (Lipinski definition) is 0. The first-order valence-electron chi connectivity index (χ1n) is 11.1. The summed E-state index contributed by atoms with van der Waals surface area (Å²) in [6.45, 7) is 9.20. The fourth-order valence-electron chi connectivity index (χ4n) is 5.48. The van der Waals surface area contributed by atoms with Crippen molar-refractivity contribution in [3.63, 3.8) is 0 Å². The van der Waals surface area contributed by atoms with Crippen LogP contribution in [0.5, 0.6) is 0 Å². The van der Waals surface area contributed by atoms with Crippen LogP contribution in [0, 0.1) is 11.3 Å². The van der Waals surface area contributed by atoms with E-state index >= 15 is 0 Å². The maximum Gasteiger partial charge on any atom is 0.230 e. The van der Waals surface area contributed by atoms with Gasteiger partial charge in [-0.1, -0.05) is 19.3 Å². The van der Waals surface area contributed by atoms with Gasteiger partial charge in [-0.3, -0.25) is 14.4 Å². The average Bonchev–Trinajstić information content (AvgIpc) is 3.29. The van der Waals surface area contributed by atoms with Gasteiger partial charge in [-0.05, 0) is 58.4 Å². The topological polar surface area (TPSA) is 41.4 Å². The van der Waals surface area contributed by atoms with Crippen molar-refractivity contribution in [3.05, 3.63) is 18.0 Å². The maximum atomic E-state index is 13.4. The van der Waals surface area contributed by atoms with E-state index in [1.807, 2.05) is 10.9 Å². The number of rotatable bonds is 5. The van der Waals surface area contributed by atoms with E-state index in [0.717, 1.165) is 51.5 Å². The van der Waals surface area contributed by atoms with Gasteiger partial charge in [-0.2, -0.15) is 5.10 Å².